The SMILES string of the molecule is OB(O)OC=CCCCCCC(c1c(F)c(F)c(F)c(F)c1F)(c1c(F)c(F)c(F)c(F)c1F)c1c(F)c(F)c(F)c(F)c1F. The third kappa shape index (κ3) is 6.06. The first kappa shape index (κ1) is 35.6. The summed E-state index contributed by atoms with van der Waals surface area (Å²) in [4.78, 5) is 0. The van der Waals surface area contributed by atoms with E-state index in [-0.39, 0.29) is 12.8 Å². The van der Waals surface area contributed by atoms with Gasteiger partial charge in [-0.3, -0.25) is 0 Å². The third-order valence-corrected chi connectivity index (χ3v) is 6.63. The van der Waals surface area contributed by atoms with Gasteiger partial charge in [-0.05, 0) is 19.3 Å². The molecule has 0 saturated heterocycles. The fourth-order valence-electron chi connectivity index (χ4n) is 4.71. The van der Waals surface area contributed by atoms with Crippen LogP contribution in [0.1, 0.15) is 48.8 Å². The largest absolute Gasteiger partial charge is 0.707 e. The van der Waals surface area contributed by atoms with Crippen LogP contribution in [0.3, 0.4) is 0 Å². The van der Waals surface area contributed by atoms with Crippen molar-refractivity contribution >= 4 is 7.32 Å². The summed E-state index contributed by atoms with van der Waals surface area (Å²) < 4.78 is 225. The van der Waals surface area contributed by atoms with Crippen LogP contribution in [0.4, 0.5) is 65.9 Å². The number of halogens is 15. The van der Waals surface area contributed by atoms with Crippen LogP contribution < -0.4 is 0 Å². The molecule has 3 aromatic rings. The molecule has 244 valence electrons. The van der Waals surface area contributed by atoms with E-state index in [1.807, 2.05) is 0 Å². The zero-order valence-electron chi connectivity index (χ0n) is 21.7. The molecule has 0 aliphatic carbocycles. The molecule has 0 radical (unpaired) electrons. The van der Waals surface area contributed by atoms with E-state index in [1.165, 1.54) is 0 Å². The fourth-order valence-corrected chi connectivity index (χ4v) is 4.71. The number of unbranched alkanes of at least 4 members (excludes halogenated alkanes) is 3. The second kappa shape index (κ2) is 13.6. The van der Waals surface area contributed by atoms with Crippen LogP contribution in [0, 0.1) is 87.3 Å². The van der Waals surface area contributed by atoms with Gasteiger partial charge in [0, 0.05) is 16.7 Å². The maximum absolute atomic E-state index is 15.3. The summed E-state index contributed by atoms with van der Waals surface area (Å²) in [7, 11) is -2.24. The molecular formula is C26H14BF15O3. The molecule has 3 rings (SSSR count). The van der Waals surface area contributed by atoms with Gasteiger partial charge in [-0.25, -0.2) is 65.9 Å². The van der Waals surface area contributed by atoms with Gasteiger partial charge in [0.1, 0.15) is 0 Å². The summed E-state index contributed by atoms with van der Waals surface area (Å²) in [6.45, 7) is 0. The summed E-state index contributed by atoms with van der Waals surface area (Å²) in [5.74, 6) is -45.8. The van der Waals surface area contributed by atoms with Crippen LogP contribution in [-0.2, 0) is 10.1 Å². The lowest BCUT2D eigenvalue weighted by atomic mass is 9.65. The van der Waals surface area contributed by atoms with E-state index in [4.69, 9.17) is 10.0 Å². The molecule has 0 aliphatic rings. The van der Waals surface area contributed by atoms with Crippen molar-refractivity contribution in [3.63, 3.8) is 0 Å². The van der Waals surface area contributed by atoms with Crippen LogP contribution >= 0.6 is 0 Å². The molecule has 0 unspecified atom stereocenters. The van der Waals surface area contributed by atoms with Crippen molar-refractivity contribution in [1.82, 2.24) is 0 Å². The number of benzene rings is 3. The van der Waals surface area contributed by atoms with E-state index in [2.05, 4.69) is 4.65 Å². The molecule has 3 nitrogen and oxygen atoms in total. The lowest BCUT2D eigenvalue weighted by molar-refractivity contribution is 0.256. The number of hydrogen-bond donors (Lipinski definition) is 2. The average Bonchev–Trinajstić information content (AvgIpc) is 3.00. The van der Waals surface area contributed by atoms with Crippen LogP contribution in [0.5, 0.6) is 0 Å². The maximum atomic E-state index is 15.3. The maximum Gasteiger partial charge on any atom is 0.707 e. The first-order valence-electron chi connectivity index (χ1n) is 12.2. The molecule has 0 atom stereocenters. The van der Waals surface area contributed by atoms with Gasteiger partial charge in [-0.1, -0.05) is 18.9 Å². The van der Waals surface area contributed by atoms with Gasteiger partial charge >= 0.3 is 7.32 Å². The molecule has 45 heavy (non-hydrogen) atoms. The molecule has 0 heterocycles. The molecular weight excluding hydrogens is 656 g/mol. The Hall–Kier alpha value is -3.87. The van der Waals surface area contributed by atoms with E-state index in [0.29, 0.717) is 0 Å². The molecule has 3 aromatic carbocycles. The van der Waals surface area contributed by atoms with Crippen LogP contribution in [0.25, 0.3) is 0 Å². The van der Waals surface area contributed by atoms with E-state index < -0.39 is 136 Å². The fraction of sp³-hybridized carbons (Fsp3) is 0.231. The van der Waals surface area contributed by atoms with E-state index in [1.54, 1.807) is 0 Å². The van der Waals surface area contributed by atoms with E-state index >= 15 is 26.3 Å². The molecule has 0 saturated carbocycles. The number of hydrogen-bond acceptors (Lipinski definition) is 3. The molecule has 0 aromatic heterocycles. The highest BCUT2D eigenvalue weighted by Crippen LogP contribution is 2.51. The lowest BCUT2D eigenvalue weighted by Gasteiger charge is -2.37. The highest BCUT2D eigenvalue weighted by molar-refractivity contribution is 6.32. The second-order valence-corrected chi connectivity index (χ2v) is 9.17. The topological polar surface area (TPSA) is 49.7 Å². The predicted molar refractivity (Wildman–Crippen MR) is 122 cm³/mol. The Labute approximate surface area is 242 Å². The van der Waals surface area contributed by atoms with Gasteiger partial charge in [0.25, 0.3) is 0 Å². The van der Waals surface area contributed by atoms with Gasteiger partial charge in [0.05, 0.1) is 11.7 Å². The highest BCUT2D eigenvalue weighted by Gasteiger charge is 2.53. The standard InChI is InChI=1S/C26H14BF15O3/c28-11-8(12(29)18(35)23(40)17(11)34)26(6-4-2-1-3-5-7-45-27(43)44,9-13(30)19(36)24(41)20(37)14(9)31)10-15(32)21(38)25(42)22(39)16(10)33/h5,7,43-44H,1-4,6H2. The van der Waals surface area contributed by atoms with E-state index in [0.717, 1.165) is 12.3 Å². The van der Waals surface area contributed by atoms with Crippen molar-refractivity contribution in [1.29, 1.82) is 0 Å². The second-order valence-electron chi connectivity index (χ2n) is 9.17. The average molecular weight is 670 g/mol. The Balaban J connectivity index is 2.53. The minimum absolute atomic E-state index is 0.118. The zero-order valence-corrected chi connectivity index (χ0v) is 21.7. The Morgan fingerprint density at radius 1 is 0.444 bits per heavy atom. The minimum atomic E-state index is -4.52. The molecule has 0 aliphatic heterocycles. The van der Waals surface area contributed by atoms with Gasteiger partial charge in [-0.2, -0.15) is 0 Å². The summed E-state index contributed by atoms with van der Waals surface area (Å²) in [5.41, 5.74) is -12.6. The van der Waals surface area contributed by atoms with Crippen molar-refractivity contribution in [3.8, 4) is 0 Å². The summed E-state index contributed by atoms with van der Waals surface area (Å²) in [6, 6.07) is 0. The Morgan fingerprint density at radius 2 is 0.733 bits per heavy atom. The monoisotopic (exact) mass is 670 g/mol. The van der Waals surface area contributed by atoms with Crippen molar-refractivity contribution in [3.05, 3.63) is 116 Å². The first-order valence-corrected chi connectivity index (χ1v) is 12.2. The zero-order chi connectivity index (χ0) is 34.1. The Bertz CT molecular complexity index is 1410. The van der Waals surface area contributed by atoms with Crippen molar-refractivity contribution in [2.45, 2.75) is 37.5 Å². The molecule has 2 N–H and O–H groups in total. The molecule has 19 heteroatoms. The Morgan fingerprint density at radius 3 is 1.02 bits per heavy atom. The minimum Gasteiger partial charge on any atom is -0.519 e. The number of rotatable bonds is 11. The number of allylic oxidation sites excluding steroid dienone is 1. The van der Waals surface area contributed by atoms with Gasteiger partial charge < -0.3 is 14.7 Å². The lowest BCUT2D eigenvalue weighted by Crippen LogP contribution is -2.39. The first-order chi connectivity index (χ1) is 20.9. The van der Waals surface area contributed by atoms with Crippen LogP contribution in [0.15, 0.2) is 12.3 Å². The van der Waals surface area contributed by atoms with E-state index in [9.17, 15) is 39.5 Å². The summed E-state index contributed by atoms with van der Waals surface area (Å²) >= 11 is 0. The molecule has 0 amide bonds. The van der Waals surface area contributed by atoms with Crippen LogP contribution in [-0.4, -0.2) is 17.4 Å². The molecule has 0 bridgehead atoms. The van der Waals surface area contributed by atoms with Crippen LogP contribution in [0.2, 0.25) is 0 Å². The summed E-state index contributed by atoms with van der Waals surface area (Å²) in [5, 5.41) is 17.2. The van der Waals surface area contributed by atoms with Crippen molar-refractivity contribution < 1.29 is 80.6 Å². The molecule has 0 spiro atoms. The predicted octanol–water partition coefficient (Wildman–Crippen LogP) is 7.56. The molecule has 0 fully saturated rings. The van der Waals surface area contributed by atoms with Crippen molar-refractivity contribution in [2.75, 3.05) is 0 Å². The third-order valence-electron chi connectivity index (χ3n) is 6.63. The highest BCUT2D eigenvalue weighted by atomic mass is 19.2. The quantitative estimate of drug-likeness (QED) is 0.0422. The van der Waals surface area contributed by atoms with Crippen molar-refractivity contribution in [2.24, 2.45) is 0 Å². The Kier molecular flexibility index (Phi) is 10.8. The smallest absolute Gasteiger partial charge is 0.519 e. The van der Waals surface area contributed by atoms with Gasteiger partial charge in [0.2, 0.25) is 17.5 Å². The summed E-state index contributed by atoms with van der Waals surface area (Å²) in [6.07, 6.45) is -1.64. The van der Waals surface area contributed by atoms with Gasteiger partial charge in [-0.15, -0.1) is 0 Å². The normalized spacial score (nSPS) is 12.0. The van der Waals surface area contributed by atoms with Gasteiger partial charge in [0.15, 0.2) is 69.8 Å².